The molecule has 1 aliphatic rings. The van der Waals surface area contributed by atoms with Crippen molar-refractivity contribution in [1.29, 1.82) is 0 Å². The van der Waals surface area contributed by atoms with Gasteiger partial charge in [0.2, 0.25) is 0 Å². The minimum absolute atomic E-state index is 0.121. The first kappa shape index (κ1) is 18.6. The molecule has 0 saturated carbocycles. The molecule has 0 radical (unpaired) electrons. The third kappa shape index (κ3) is 3.64. The highest BCUT2D eigenvalue weighted by Gasteiger charge is 2.20. The van der Waals surface area contributed by atoms with Gasteiger partial charge in [-0.3, -0.25) is 0 Å². The Morgan fingerprint density at radius 1 is 1.21 bits per heavy atom. The second kappa shape index (κ2) is 7.70. The molecule has 0 saturated heterocycles. The van der Waals surface area contributed by atoms with Crippen LogP contribution >= 0.6 is 11.9 Å². The Kier molecular flexibility index (Phi) is 5.12. The normalized spacial score (nSPS) is 15.1. The number of hydrogen-bond acceptors (Lipinski definition) is 6. The van der Waals surface area contributed by atoms with Gasteiger partial charge in [-0.05, 0) is 80.5 Å². The van der Waals surface area contributed by atoms with Crippen LogP contribution in [-0.4, -0.2) is 10.1 Å². The molecule has 0 amide bonds. The average Bonchev–Trinajstić information content (AvgIpc) is 3.21. The van der Waals surface area contributed by atoms with Crippen LogP contribution in [0.3, 0.4) is 0 Å². The largest absolute Gasteiger partial charge is 0.369 e. The Morgan fingerprint density at radius 3 is 2.86 bits per heavy atom. The molecular weight excluding hydrogens is 370 g/mol. The molecule has 5 nitrogen and oxygen atoms in total. The molecule has 0 fully saturated rings. The van der Waals surface area contributed by atoms with Crippen LogP contribution in [0.2, 0.25) is 0 Å². The Labute approximate surface area is 169 Å². The lowest BCUT2D eigenvalue weighted by Gasteiger charge is -2.06. The quantitative estimate of drug-likeness (QED) is 0.495. The van der Waals surface area contributed by atoms with Crippen LogP contribution in [0.4, 0.5) is 5.82 Å². The van der Waals surface area contributed by atoms with E-state index in [2.05, 4.69) is 52.7 Å². The third-order valence-electron chi connectivity index (χ3n) is 4.91. The number of benzene rings is 1. The van der Waals surface area contributed by atoms with E-state index in [0.717, 1.165) is 33.0 Å². The van der Waals surface area contributed by atoms with E-state index in [-0.39, 0.29) is 6.10 Å². The van der Waals surface area contributed by atoms with E-state index >= 15 is 0 Å². The zero-order valence-electron chi connectivity index (χ0n) is 16.3. The summed E-state index contributed by atoms with van der Waals surface area (Å²) in [7, 11) is 0. The number of fused-ring (bicyclic) bond motifs is 1. The second-order valence-electron chi connectivity index (χ2n) is 6.84. The van der Waals surface area contributed by atoms with Crippen molar-refractivity contribution in [1.82, 2.24) is 10.1 Å². The van der Waals surface area contributed by atoms with Gasteiger partial charge in [0.1, 0.15) is 11.5 Å². The van der Waals surface area contributed by atoms with Gasteiger partial charge in [-0.25, -0.2) is 4.98 Å². The lowest BCUT2D eigenvalue weighted by atomic mass is 9.98. The number of rotatable bonds is 3. The van der Waals surface area contributed by atoms with E-state index < -0.39 is 0 Å². The molecule has 0 aliphatic carbocycles. The Morgan fingerprint density at radius 2 is 2.07 bits per heavy atom. The van der Waals surface area contributed by atoms with E-state index in [1.165, 1.54) is 23.1 Å². The fourth-order valence-corrected chi connectivity index (χ4v) is 3.78. The number of ether oxygens (including phenoxy) is 1. The van der Waals surface area contributed by atoms with Gasteiger partial charge in [-0.2, -0.15) is 0 Å². The molecule has 1 atom stereocenters. The number of hydrogen-bond donors (Lipinski definition) is 1. The van der Waals surface area contributed by atoms with Gasteiger partial charge in [0.05, 0.1) is 17.6 Å². The fourth-order valence-electron chi connectivity index (χ4n) is 3.04. The average molecular weight is 391 g/mol. The lowest BCUT2D eigenvalue weighted by Crippen LogP contribution is -1.94. The van der Waals surface area contributed by atoms with Gasteiger partial charge >= 0.3 is 0 Å². The van der Waals surface area contributed by atoms with E-state index in [9.17, 15) is 0 Å². The first-order valence-corrected chi connectivity index (χ1v) is 9.92. The van der Waals surface area contributed by atoms with E-state index in [1.54, 1.807) is 6.20 Å². The Bertz CT molecular complexity index is 1090. The van der Waals surface area contributed by atoms with Gasteiger partial charge in [-0.15, -0.1) is 0 Å². The first-order valence-electron chi connectivity index (χ1n) is 9.10. The summed E-state index contributed by atoms with van der Waals surface area (Å²) >= 11 is 1.43. The summed E-state index contributed by atoms with van der Waals surface area (Å²) in [4.78, 5) is 5.38. The number of pyridine rings is 1. The smallest absolute Gasteiger partial charge is 0.182 e. The van der Waals surface area contributed by atoms with Crippen molar-refractivity contribution in [2.45, 2.75) is 45.3 Å². The van der Waals surface area contributed by atoms with Gasteiger partial charge in [0, 0.05) is 17.3 Å². The Hall–Kier alpha value is -2.75. The molecule has 1 aromatic carbocycles. The summed E-state index contributed by atoms with van der Waals surface area (Å²) in [5.41, 5.74) is 6.36. The number of aromatic nitrogens is 2. The molecule has 0 spiro atoms. The number of nitrogens with one attached hydrogen (secondary N) is 1. The molecule has 1 N–H and O–H groups in total. The second-order valence-corrected chi connectivity index (χ2v) is 7.68. The van der Waals surface area contributed by atoms with Gasteiger partial charge < -0.3 is 14.0 Å². The molecule has 4 rings (SSSR count). The minimum atomic E-state index is 0.121. The zero-order valence-corrected chi connectivity index (χ0v) is 17.1. The molecule has 2 aromatic heterocycles. The highest BCUT2D eigenvalue weighted by Crippen LogP contribution is 2.32. The highest BCUT2D eigenvalue weighted by molar-refractivity contribution is 8.00. The monoisotopic (exact) mass is 391 g/mol. The molecule has 3 heterocycles. The summed E-state index contributed by atoms with van der Waals surface area (Å²) in [5, 5.41) is 4.03. The molecule has 1 aliphatic heterocycles. The summed E-state index contributed by atoms with van der Waals surface area (Å²) in [6.45, 7) is 8.70. The lowest BCUT2D eigenvalue weighted by molar-refractivity contribution is 0.0796. The topological polar surface area (TPSA) is 60.2 Å². The van der Waals surface area contributed by atoms with Crippen LogP contribution in [0.25, 0.3) is 0 Å². The van der Waals surface area contributed by atoms with E-state index in [1.807, 2.05) is 26.0 Å². The predicted octanol–water partition coefficient (Wildman–Crippen LogP) is 5.11. The summed E-state index contributed by atoms with van der Waals surface area (Å²) in [5.74, 6) is 8.04. The van der Waals surface area contributed by atoms with Crippen LogP contribution in [-0.2, 0) is 11.3 Å². The van der Waals surface area contributed by atoms with Gasteiger partial charge in [-0.1, -0.05) is 17.1 Å². The summed E-state index contributed by atoms with van der Waals surface area (Å²) in [6, 6.07) is 8.21. The molecule has 1 unspecified atom stereocenters. The summed E-state index contributed by atoms with van der Waals surface area (Å²) in [6.07, 6.45) is 1.88. The number of nitrogens with zero attached hydrogens (tertiary/aromatic N) is 2. The minimum Gasteiger partial charge on any atom is -0.369 e. The van der Waals surface area contributed by atoms with Crippen molar-refractivity contribution < 1.29 is 9.26 Å². The SMILES string of the molecule is Cc1cc2c(cc1C#Cc1ncccc1SNc1noc(C)c1C)C(C)OC2. The fraction of sp³-hybridized carbons (Fsp3) is 0.273. The third-order valence-corrected chi connectivity index (χ3v) is 5.76. The maximum atomic E-state index is 5.71. The van der Waals surface area contributed by atoms with Crippen molar-refractivity contribution >= 4 is 17.8 Å². The van der Waals surface area contributed by atoms with Crippen molar-refractivity contribution in [3.05, 3.63) is 69.7 Å². The summed E-state index contributed by atoms with van der Waals surface area (Å²) < 4.78 is 14.1. The zero-order chi connectivity index (χ0) is 19.7. The standard InChI is InChI=1S/C22H21N3O2S/c1-13-10-18-12-26-16(4)19(18)11-17(13)7-8-20-21(6-5-9-23-20)28-25-22-14(2)15(3)27-24-22/h5-6,9-11,16H,12H2,1-4H3,(H,24,25). The molecule has 0 bridgehead atoms. The van der Waals surface area contributed by atoms with Crippen molar-refractivity contribution in [3.8, 4) is 11.8 Å². The molecule has 142 valence electrons. The molecule has 6 heteroatoms. The number of aryl methyl sites for hydroxylation is 2. The number of anilines is 1. The Balaban J connectivity index is 1.59. The van der Waals surface area contributed by atoms with Crippen LogP contribution in [0.15, 0.2) is 39.9 Å². The maximum absolute atomic E-state index is 5.71. The van der Waals surface area contributed by atoms with Gasteiger partial charge in [0.25, 0.3) is 0 Å². The van der Waals surface area contributed by atoms with E-state index in [4.69, 9.17) is 9.26 Å². The van der Waals surface area contributed by atoms with Crippen LogP contribution in [0.5, 0.6) is 0 Å². The first-order chi connectivity index (χ1) is 13.5. The van der Waals surface area contributed by atoms with E-state index in [0.29, 0.717) is 12.4 Å². The molecule has 3 aromatic rings. The van der Waals surface area contributed by atoms with Crippen molar-refractivity contribution in [2.75, 3.05) is 4.72 Å². The van der Waals surface area contributed by atoms with Crippen molar-refractivity contribution in [2.24, 2.45) is 0 Å². The molecule has 28 heavy (non-hydrogen) atoms. The van der Waals surface area contributed by atoms with Crippen LogP contribution in [0.1, 0.15) is 52.3 Å². The van der Waals surface area contributed by atoms with Crippen molar-refractivity contribution in [3.63, 3.8) is 0 Å². The van der Waals surface area contributed by atoms with Crippen LogP contribution < -0.4 is 4.72 Å². The predicted molar refractivity (Wildman–Crippen MR) is 110 cm³/mol. The highest BCUT2D eigenvalue weighted by atomic mass is 32.2. The van der Waals surface area contributed by atoms with Crippen LogP contribution in [0, 0.1) is 32.6 Å². The maximum Gasteiger partial charge on any atom is 0.182 e. The van der Waals surface area contributed by atoms with Gasteiger partial charge in [0.15, 0.2) is 5.82 Å². The molecular formula is C22H21N3O2S.